The Morgan fingerprint density at radius 2 is 1.94 bits per heavy atom. The Morgan fingerprint density at radius 3 is 2.70 bits per heavy atom. The van der Waals surface area contributed by atoms with Crippen LogP contribution in [0.4, 0.5) is 4.79 Å². The number of carbonyl (C=O) groups excluding carboxylic acids is 2. The number of likely N-dealkylation sites (tertiary alicyclic amines) is 1. The fourth-order valence-electron chi connectivity index (χ4n) is 4.30. The van der Waals surface area contributed by atoms with Crippen LogP contribution in [0.3, 0.4) is 0 Å². The second kappa shape index (κ2) is 9.66. The van der Waals surface area contributed by atoms with Crippen molar-refractivity contribution in [1.82, 2.24) is 19.6 Å². The number of nitrogens with zero attached hydrogens (tertiary/aromatic N) is 4. The molecule has 1 aromatic carbocycles. The first-order valence-electron chi connectivity index (χ1n) is 11.2. The van der Waals surface area contributed by atoms with Crippen LogP contribution in [0.5, 0.6) is 5.75 Å². The molecule has 2 aliphatic rings. The number of para-hydroxylation sites is 1. The lowest BCUT2D eigenvalue weighted by Crippen LogP contribution is -2.48. The van der Waals surface area contributed by atoms with E-state index in [0.29, 0.717) is 26.2 Å². The van der Waals surface area contributed by atoms with E-state index in [1.807, 2.05) is 65.0 Å². The summed E-state index contributed by atoms with van der Waals surface area (Å²) in [4.78, 5) is 29.9. The highest BCUT2D eigenvalue weighted by Crippen LogP contribution is 2.24. The number of ether oxygens (including phenoxy) is 2. The van der Waals surface area contributed by atoms with Crippen LogP contribution in [0.25, 0.3) is 10.6 Å². The van der Waals surface area contributed by atoms with Gasteiger partial charge in [0.15, 0.2) is 6.10 Å². The van der Waals surface area contributed by atoms with Gasteiger partial charge in [0.1, 0.15) is 24.6 Å². The van der Waals surface area contributed by atoms with Gasteiger partial charge in [0.25, 0.3) is 0 Å². The highest BCUT2D eigenvalue weighted by molar-refractivity contribution is 7.13. The number of rotatable bonds is 7. The first kappa shape index (κ1) is 21.5. The minimum absolute atomic E-state index is 0.0485. The van der Waals surface area contributed by atoms with E-state index in [9.17, 15) is 9.59 Å². The SMILES string of the molecule is O=C(Cn1ccc(-c2cccs2)n1)N1CCC(N2CC(COc3ccccc3)OC2=O)CC1. The van der Waals surface area contributed by atoms with Gasteiger partial charge in [0.05, 0.1) is 11.4 Å². The van der Waals surface area contributed by atoms with Gasteiger partial charge in [-0.1, -0.05) is 24.3 Å². The zero-order valence-corrected chi connectivity index (χ0v) is 19.0. The van der Waals surface area contributed by atoms with Gasteiger partial charge in [0, 0.05) is 25.3 Å². The van der Waals surface area contributed by atoms with E-state index in [2.05, 4.69) is 5.10 Å². The molecule has 2 aromatic heterocycles. The number of carbonyl (C=O) groups is 2. The Kier molecular flexibility index (Phi) is 6.30. The Labute approximate surface area is 196 Å². The zero-order chi connectivity index (χ0) is 22.6. The minimum atomic E-state index is -0.293. The number of thiophene rings is 1. The lowest BCUT2D eigenvalue weighted by Gasteiger charge is -2.35. The smallest absolute Gasteiger partial charge is 0.410 e. The van der Waals surface area contributed by atoms with Crippen molar-refractivity contribution in [3.8, 4) is 16.3 Å². The third kappa shape index (κ3) is 5.03. The van der Waals surface area contributed by atoms with Crippen LogP contribution in [0, 0.1) is 0 Å². The van der Waals surface area contributed by atoms with Crippen LogP contribution in [-0.4, -0.2) is 70.0 Å². The van der Waals surface area contributed by atoms with Crippen LogP contribution in [-0.2, 0) is 16.1 Å². The van der Waals surface area contributed by atoms with Crippen LogP contribution in [0.1, 0.15) is 12.8 Å². The molecule has 2 saturated heterocycles. The monoisotopic (exact) mass is 466 g/mol. The Morgan fingerprint density at radius 1 is 1.12 bits per heavy atom. The second-order valence-corrected chi connectivity index (χ2v) is 9.22. The van der Waals surface area contributed by atoms with Crippen molar-refractivity contribution in [2.24, 2.45) is 0 Å². The predicted molar refractivity (Wildman–Crippen MR) is 124 cm³/mol. The normalized spacial score (nSPS) is 19.0. The summed E-state index contributed by atoms with van der Waals surface area (Å²) in [5.41, 5.74) is 0.884. The minimum Gasteiger partial charge on any atom is -0.490 e. The molecule has 0 N–H and O–H groups in total. The first-order chi connectivity index (χ1) is 16.2. The number of hydrogen-bond donors (Lipinski definition) is 0. The maximum atomic E-state index is 12.8. The maximum Gasteiger partial charge on any atom is 0.410 e. The molecule has 4 heterocycles. The molecule has 3 aromatic rings. The topological polar surface area (TPSA) is 76.9 Å². The fourth-order valence-corrected chi connectivity index (χ4v) is 4.99. The molecule has 0 spiro atoms. The number of piperidine rings is 1. The van der Waals surface area contributed by atoms with Gasteiger partial charge in [-0.05, 0) is 42.5 Å². The van der Waals surface area contributed by atoms with E-state index < -0.39 is 0 Å². The van der Waals surface area contributed by atoms with Gasteiger partial charge < -0.3 is 19.3 Å². The molecular formula is C24H26N4O4S. The molecule has 2 fully saturated rings. The molecule has 0 radical (unpaired) electrons. The van der Waals surface area contributed by atoms with Crippen molar-refractivity contribution in [2.45, 2.75) is 31.5 Å². The molecule has 0 aliphatic carbocycles. The molecule has 172 valence electrons. The zero-order valence-electron chi connectivity index (χ0n) is 18.2. The maximum absolute atomic E-state index is 12.8. The molecule has 5 rings (SSSR count). The van der Waals surface area contributed by atoms with Crippen LogP contribution in [0.2, 0.25) is 0 Å². The number of amides is 2. The van der Waals surface area contributed by atoms with Gasteiger partial charge >= 0.3 is 6.09 Å². The van der Waals surface area contributed by atoms with Gasteiger partial charge in [-0.2, -0.15) is 5.10 Å². The Balaban J connectivity index is 1.09. The van der Waals surface area contributed by atoms with E-state index in [0.717, 1.165) is 29.2 Å². The highest BCUT2D eigenvalue weighted by Gasteiger charge is 2.38. The summed E-state index contributed by atoms with van der Waals surface area (Å²) < 4.78 is 12.9. The van der Waals surface area contributed by atoms with Crippen molar-refractivity contribution in [3.63, 3.8) is 0 Å². The molecule has 0 bridgehead atoms. The molecule has 9 heteroatoms. The average molecular weight is 467 g/mol. The molecule has 8 nitrogen and oxygen atoms in total. The van der Waals surface area contributed by atoms with Crippen molar-refractivity contribution in [3.05, 3.63) is 60.1 Å². The number of benzene rings is 1. The molecule has 33 heavy (non-hydrogen) atoms. The van der Waals surface area contributed by atoms with Crippen LogP contribution in [0.15, 0.2) is 60.1 Å². The number of aromatic nitrogens is 2. The molecular weight excluding hydrogens is 440 g/mol. The second-order valence-electron chi connectivity index (χ2n) is 8.27. The average Bonchev–Trinajstić information content (AvgIpc) is 3.60. The van der Waals surface area contributed by atoms with Gasteiger partial charge in [-0.25, -0.2) is 4.79 Å². The van der Waals surface area contributed by atoms with E-state index in [-0.39, 0.29) is 30.7 Å². The Hall–Kier alpha value is -3.33. The number of hydrogen-bond acceptors (Lipinski definition) is 6. The van der Waals surface area contributed by atoms with Crippen molar-refractivity contribution in [1.29, 1.82) is 0 Å². The summed E-state index contributed by atoms with van der Waals surface area (Å²) in [6, 6.07) is 15.5. The Bertz CT molecular complexity index is 1080. The quantitative estimate of drug-likeness (QED) is 0.533. The summed E-state index contributed by atoms with van der Waals surface area (Å²) in [6.45, 7) is 2.32. The van der Waals surface area contributed by atoms with Crippen molar-refractivity contribution in [2.75, 3.05) is 26.2 Å². The molecule has 2 aliphatic heterocycles. The summed E-state index contributed by atoms with van der Waals surface area (Å²) in [6.07, 6.45) is 2.76. The van der Waals surface area contributed by atoms with Crippen LogP contribution >= 0.6 is 11.3 Å². The lowest BCUT2D eigenvalue weighted by atomic mass is 10.0. The highest BCUT2D eigenvalue weighted by atomic mass is 32.1. The van der Waals surface area contributed by atoms with Crippen molar-refractivity contribution < 1.29 is 19.1 Å². The van der Waals surface area contributed by atoms with Gasteiger partial charge in [-0.3, -0.25) is 9.48 Å². The largest absolute Gasteiger partial charge is 0.490 e. The van der Waals surface area contributed by atoms with Gasteiger partial charge in [0.2, 0.25) is 5.91 Å². The van der Waals surface area contributed by atoms with Gasteiger partial charge in [-0.15, -0.1) is 11.3 Å². The fraction of sp³-hybridized carbons (Fsp3) is 0.375. The third-order valence-electron chi connectivity index (χ3n) is 6.05. The molecule has 1 atom stereocenters. The third-order valence-corrected chi connectivity index (χ3v) is 6.94. The predicted octanol–water partition coefficient (Wildman–Crippen LogP) is 3.50. The molecule has 0 saturated carbocycles. The summed E-state index contributed by atoms with van der Waals surface area (Å²) in [5.74, 6) is 0.811. The van der Waals surface area contributed by atoms with E-state index in [1.165, 1.54) is 0 Å². The van der Waals surface area contributed by atoms with Crippen molar-refractivity contribution >= 4 is 23.3 Å². The van der Waals surface area contributed by atoms with E-state index in [1.54, 1.807) is 20.9 Å². The first-order valence-corrected chi connectivity index (χ1v) is 12.0. The number of cyclic esters (lactones) is 1. The molecule has 2 amide bonds. The summed E-state index contributed by atoms with van der Waals surface area (Å²) in [5, 5.41) is 6.53. The van der Waals surface area contributed by atoms with E-state index in [4.69, 9.17) is 9.47 Å². The van der Waals surface area contributed by atoms with E-state index >= 15 is 0 Å². The standard InChI is InChI=1S/C24H26N4O4S/c29-23(16-27-13-10-21(25-27)22-7-4-14-33-22)26-11-8-18(9-12-26)28-15-20(32-24(28)30)17-31-19-5-2-1-3-6-19/h1-7,10,13-14,18,20H,8-9,11-12,15-17H2. The lowest BCUT2D eigenvalue weighted by molar-refractivity contribution is -0.133. The summed E-state index contributed by atoms with van der Waals surface area (Å²) in [7, 11) is 0. The summed E-state index contributed by atoms with van der Waals surface area (Å²) >= 11 is 1.63. The molecule has 1 unspecified atom stereocenters. The van der Waals surface area contributed by atoms with Crippen LogP contribution < -0.4 is 4.74 Å².